The van der Waals surface area contributed by atoms with Crippen molar-refractivity contribution in [2.24, 2.45) is 0 Å². The van der Waals surface area contributed by atoms with Gasteiger partial charge in [-0.15, -0.1) is 0 Å². The SMILES string of the molecule is CCN1C(=O)C(Nc2ccccc2C)=C(c2ccc(Cl)cc2Cl)C1=O. The molecule has 0 saturated carbocycles. The number of rotatable bonds is 4. The van der Waals surface area contributed by atoms with E-state index in [1.54, 1.807) is 25.1 Å². The fourth-order valence-electron chi connectivity index (χ4n) is 2.77. The van der Waals surface area contributed by atoms with Crippen LogP contribution < -0.4 is 5.32 Å². The van der Waals surface area contributed by atoms with Crippen molar-refractivity contribution in [2.45, 2.75) is 13.8 Å². The van der Waals surface area contributed by atoms with Crippen LogP contribution in [-0.4, -0.2) is 23.3 Å². The van der Waals surface area contributed by atoms with Crippen molar-refractivity contribution in [2.75, 3.05) is 11.9 Å². The average molecular weight is 375 g/mol. The molecule has 0 fully saturated rings. The normalized spacial score (nSPS) is 14.5. The molecule has 1 heterocycles. The van der Waals surface area contributed by atoms with Gasteiger partial charge < -0.3 is 5.32 Å². The van der Waals surface area contributed by atoms with Gasteiger partial charge in [-0.05, 0) is 37.6 Å². The van der Waals surface area contributed by atoms with E-state index in [0.29, 0.717) is 15.6 Å². The van der Waals surface area contributed by atoms with Gasteiger partial charge in [-0.2, -0.15) is 0 Å². The maximum Gasteiger partial charge on any atom is 0.278 e. The van der Waals surface area contributed by atoms with Crippen molar-refractivity contribution in [1.82, 2.24) is 4.90 Å². The summed E-state index contributed by atoms with van der Waals surface area (Å²) in [6.07, 6.45) is 0. The van der Waals surface area contributed by atoms with Gasteiger partial charge >= 0.3 is 0 Å². The summed E-state index contributed by atoms with van der Waals surface area (Å²) in [5.41, 5.74) is 2.70. The maximum absolute atomic E-state index is 12.8. The van der Waals surface area contributed by atoms with E-state index < -0.39 is 0 Å². The highest BCUT2D eigenvalue weighted by Gasteiger charge is 2.39. The van der Waals surface area contributed by atoms with Gasteiger partial charge in [0.2, 0.25) is 0 Å². The monoisotopic (exact) mass is 374 g/mol. The van der Waals surface area contributed by atoms with Crippen molar-refractivity contribution in [3.8, 4) is 0 Å². The third kappa shape index (κ3) is 3.15. The first-order valence-corrected chi connectivity index (χ1v) is 8.58. The molecule has 128 valence electrons. The minimum Gasteiger partial charge on any atom is -0.350 e. The first kappa shape index (κ1) is 17.5. The summed E-state index contributed by atoms with van der Waals surface area (Å²) in [4.78, 5) is 26.7. The molecule has 0 saturated heterocycles. The molecule has 25 heavy (non-hydrogen) atoms. The van der Waals surface area contributed by atoms with Crippen molar-refractivity contribution < 1.29 is 9.59 Å². The average Bonchev–Trinajstić information content (AvgIpc) is 2.80. The molecule has 6 heteroatoms. The van der Waals surface area contributed by atoms with Crippen LogP contribution in [0, 0.1) is 6.92 Å². The number of hydrogen-bond donors (Lipinski definition) is 1. The molecule has 0 atom stereocenters. The van der Waals surface area contributed by atoms with Crippen molar-refractivity contribution in [1.29, 1.82) is 0 Å². The van der Waals surface area contributed by atoms with Crippen LogP contribution in [0.25, 0.3) is 5.57 Å². The van der Waals surface area contributed by atoms with Crippen molar-refractivity contribution in [3.05, 3.63) is 69.3 Å². The Kier molecular flexibility index (Phi) is 4.84. The number of hydrogen-bond acceptors (Lipinski definition) is 3. The number of halogens is 2. The van der Waals surface area contributed by atoms with Crippen LogP contribution in [0.4, 0.5) is 5.69 Å². The molecular weight excluding hydrogens is 359 g/mol. The van der Waals surface area contributed by atoms with Crippen LogP contribution >= 0.6 is 23.2 Å². The number of para-hydroxylation sites is 1. The van der Waals surface area contributed by atoms with E-state index in [0.717, 1.165) is 11.3 Å². The molecule has 0 unspecified atom stereocenters. The molecule has 3 rings (SSSR count). The third-order valence-corrected chi connectivity index (χ3v) is 4.64. The van der Waals surface area contributed by atoms with Gasteiger partial charge in [0.1, 0.15) is 5.70 Å². The summed E-state index contributed by atoms with van der Waals surface area (Å²) in [5.74, 6) is -0.732. The van der Waals surface area contributed by atoms with E-state index in [-0.39, 0.29) is 29.6 Å². The van der Waals surface area contributed by atoms with Gasteiger partial charge in [-0.1, -0.05) is 47.5 Å². The van der Waals surface area contributed by atoms with Gasteiger partial charge in [0.25, 0.3) is 11.8 Å². The van der Waals surface area contributed by atoms with E-state index in [1.165, 1.54) is 4.90 Å². The van der Waals surface area contributed by atoms with Gasteiger partial charge in [-0.3, -0.25) is 14.5 Å². The Labute approximate surface area is 156 Å². The molecule has 1 aliphatic rings. The van der Waals surface area contributed by atoms with Crippen LogP contribution in [0.2, 0.25) is 10.0 Å². The van der Waals surface area contributed by atoms with Crippen LogP contribution in [0.3, 0.4) is 0 Å². The lowest BCUT2D eigenvalue weighted by atomic mass is 10.0. The van der Waals surface area contributed by atoms with Crippen molar-refractivity contribution in [3.63, 3.8) is 0 Å². The second-order valence-corrected chi connectivity index (χ2v) is 6.51. The lowest BCUT2D eigenvalue weighted by molar-refractivity contribution is -0.136. The third-order valence-electron chi connectivity index (χ3n) is 4.09. The molecule has 0 aromatic heterocycles. The summed E-state index contributed by atoms with van der Waals surface area (Å²) < 4.78 is 0. The van der Waals surface area contributed by atoms with Crippen LogP contribution in [0.15, 0.2) is 48.2 Å². The summed E-state index contributed by atoms with van der Waals surface area (Å²) >= 11 is 12.2. The second kappa shape index (κ2) is 6.90. The molecular formula is C19H16Cl2N2O2. The zero-order valence-electron chi connectivity index (χ0n) is 13.8. The minimum absolute atomic E-state index is 0.227. The molecule has 2 aromatic carbocycles. The Balaban J connectivity index is 2.16. The van der Waals surface area contributed by atoms with Crippen LogP contribution in [0.1, 0.15) is 18.1 Å². The lowest BCUT2D eigenvalue weighted by Crippen LogP contribution is -2.32. The highest BCUT2D eigenvalue weighted by molar-refractivity contribution is 6.41. The topological polar surface area (TPSA) is 49.4 Å². The molecule has 0 radical (unpaired) electrons. The highest BCUT2D eigenvalue weighted by Crippen LogP contribution is 2.35. The van der Waals surface area contributed by atoms with E-state index in [4.69, 9.17) is 23.2 Å². The number of nitrogens with one attached hydrogen (secondary N) is 1. The molecule has 2 amide bonds. The Bertz CT molecular complexity index is 906. The molecule has 1 aliphatic heterocycles. The number of nitrogens with zero attached hydrogens (tertiary/aromatic N) is 1. The fraction of sp³-hybridized carbons (Fsp3) is 0.158. The van der Waals surface area contributed by atoms with Crippen molar-refractivity contribution >= 4 is 46.3 Å². The predicted molar refractivity (Wildman–Crippen MR) is 101 cm³/mol. The number of likely N-dealkylation sites (N-methyl/N-ethyl adjacent to an activating group) is 1. The standard InChI is InChI=1S/C19H16Cl2N2O2/c1-3-23-18(24)16(13-9-8-12(20)10-14(13)21)17(19(23)25)22-15-7-5-4-6-11(15)2/h4-10,22H,3H2,1-2H3. The quantitative estimate of drug-likeness (QED) is 0.800. The van der Waals surface area contributed by atoms with Gasteiger partial charge in [0.05, 0.1) is 10.6 Å². The van der Waals surface area contributed by atoms with E-state index in [2.05, 4.69) is 5.32 Å². The summed E-state index contributed by atoms with van der Waals surface area (Å²) in [5, 5.41) is 3.91. The summed E-state index contributed by atoms with van der Waals surface area (Å²) in [6.45, 7) is 3.97. The Morgan fingerprint density at radius 1 is 1.04 bits per heavy atom. The van der Waals surface area contributed by atoms with Gasteiger partial charge in [-0.25, -0.2) is 0 Å². The molecule has 1 N–H and O–H groups in total. The number of benzene rings is 2. The van der Waals surface area contributed by atoms with Crippen LogP contribution in [0.5, 0.6) is 0 Å². The second-order valence-electron chi connectivity index (χ2n) is 5.67. The predicted octanol–water partition coefficient (Wildman–Crippen LogP) is 4.51. The lowest BCUT2D eigenvalue weighted by Gasteiger charge is -2.12. The Morgan fingerprint density at radius 3 is 2.40 bits per heavy atom. The Morgan fingerprint density at radius 2 is 1.76 bits per heavy atom. The number of carbonyl (C=O) groups is 2. The number of anilines is 1. The largest absolute Gasteiger partial charge is 0.350 e. The highest BCUT2D eigenvalue weighted by atomic mass is 35.5. The van der Waals surface area contributed by atoms with E-state index in [1.807, 2.05) is 31.2 Å². The first-order valence-electron chi connectivity index (χ1n) is 7.82. The van der Waals surface area contributed by atoms with E-state index >= 15 is 0 Å². The van der Waals surface area contributed by atoms with Gasteiger partial charge in [0.15, 0.2) is 0 Å². The minimum atomic E-state index is -0.368. The fourth-order valence-corrected chi connectivity index (χ4v) is 3.27. The number of carbonyl (C=O) groups excluding carboxylic acids is 2. The zero-order valence-corrected chi connectivity index (χ0v) is 15.3. The number of amides is 2. The smallest absolute Gasteiger partial charge is 0.278 e. The Hall–Kier alpha value is -2.30. The zero-order chi connectivity index (χ0) is 18.1. The summed E-state index contributed by atoms with van der Waals surface area (Å²) in [7, 11) is 0. The van der Waals surface area contributed by atoms with Crippen LogP contribution in [-0.2, 0) is 9.59 Å². The molecule has 4 nitrogen and oxygen atoms in total. The molecule has 2 aromatic rings. The summed E-state index contributed by atoms with van der Waals surface area (Å²) in [6, 6.07) is 12.4. The molecule has 0 spiro atoms. The molecule has 0 bridgehead atoms. The number of aryl methyl sites for hydroxylation is 1. The van der Waals surface area contributed by atoms with E-state index in [9.17, 15) is 9.59 Å². The maximum atomic E-state index is 12.8. The molecule has 0 aliphatic carbocycles. The number of imide groups is 1. The van der Waals surface area contributed by atoms with Gasteiger partial charge in [0, 0.05) is 22.8 Å². The first-order chi connectivity index (χ1) is 11.9.